The van der Waals surface area contributed by atoms with E-state index in [1.54, 1.807) is 10.9 Å². The topological polar surface area (TPSA) is 93.3 Å². The van der Waals surface area contributed by atoms with Crippen molar-refractivity contribution in [3.8, 4) is 0 Å². The minimum Gasteiger partial charge on any atom is -0.448 e. The molecular formula is C18H23N5O3. The standard InChI is InChI=1S/C18H23N5O3/c1-10-14(7-21-22(10)3)17-13(6-16(24)23(17)12-4-5-12)18(25)19-8-15-11(2)26-9-20-15/h7,9,12-13,17H,4-6,8H2,1-3H3,(H,19,25)/t13-,17-/m0/s1. The van der Waals surface area contributed by atoms with Gasteiger partial charge in [-0.05, 0) is 26.7 Å². The Labute approximate surface area is 151 Å². The maximum Gasteiger partial charge on any atom is 0.226 e. The third-order valence-corrected chi connectivity index (χ3v) is 5.51. The highest BCUT2D eigenvalue weighted by atomic mass is 16.3. The van der Waals surface area contributed by atoms with Crippen LogP contribution in [0, 0.1) is 19.8 Å². The number of hydrogen-bond donors (Lipinski definition) is 1. The summed E-state index contributed by atoms with van der Waals surface area (Å²) in [7, 11) is 1.87. The van der Waals surface area contributed by atoms with Crippen LogP contribution in [0.2, 0.25) is 0 Å². The molecule has 2 atom stereocenters. The zero-order valence-corrected chi connectivity index (χ0v) is 15.2. The zero-order chi connectivity index (χ0) is 18.4. The number of nitrogens with zero attached hydrogens (tertiary/aromatic N) is 4. The van der Waals surface area contributed by atoms with E-state index in [0.717, 1.165) is 24.1 Å². The number of rotatable bonds is 5. The van der Waals surface area contributed by atoms with E-state index in [2.05, 4.69) is 15.4 Å². The summed E-state index contributed by atoms with van der Waals surface area (Å²) < 4.78 is 6.96. The highest BCUT2D eigenvalue weighted by Gasteiger charge is 2.50. The van der Waals surface area contributed by atoms with Crippen molar-refractivity contribution in [1.82, 2.24) is 25.0 Å². The molecule has 8 nitrogen and oxygen atoms in total. The molecule has 0 aromatic carbocycles. The highest BCUT2D eigenvalue weighted by molar-refractivity contribution is 5.90. The van der Waals surface area contributed by atoms with Crippen LogP contribution in [0.1, 0.15) is 48.0 Å². The summed E-state index contributed by atoms with van der Waals surface area (Å²) >= 11 is 0. The summed E-state index contributed by atoms with van der Waals surface area (Å²) in [6.07, 6.45) is 5.41. The van der Waals surface area contributed by atoms with Crippen LogP contribution in [-0.4, -0.2) is 37.5 Å². The van der Waals surface area contributed by atoms with Gasteiger partial charge in [0.05, 0.1) is 24.7 Å². The van der Waals surface area contributed by atoms with Crippen LogP contribution in [-0.2, 0) is 23.2 Å². The second-order valence-electron chi connectivity index (χ2n) is 7.17. The first-order chi connectivity index (χ1) is 12.5. The number of aryl methyl sites for hydroxylation is 2. The van der Waals surface area contributed by atoms with Crippen molar-refractivity contribution < 1.29 is 14.0 Å². The molecular weight excluding hydrogens is 334 g/mol. The predicted octanol–water partition coefficient (Wildman–Crippen LogP) is 1.39. The molecule has 4 rings (SSSR count). The molecule has 0 bridgehead atoms. The van der Waals surface area contributed by atoms with Crippen molar-refractivity contribution in [1.29, 1.82) is 0 Å². The Balaban J connectivity index is 1.58. The van der Waals surface area contributed by atoms with Crippen LogP contribution in [0.15, 0.2) is 17.0 Å². The lowest BCUT2D eigenvalue weighted by atomic mass is 9.93. The first kappa shape index (κ1) is 16.8. The molecule has 8 heteroatoms. The van der Waals surface area contributed by atoms with Crippen LogP contribution >= 0.6 is 0 Å². The Kier molecular flexibility index (Phi) is 4.05. The maximum absolute atomic E-state index is 12.9. The molecule has 0 spiro atoms. The molecule has 1 N–H and O–H groups in total. The van der Waals surface area contributed by atoms with E-state index in [4.69, 9.17) is 4.42 Å². The third-order valence-electron chi connectivity index (χ3n) is 5.51. The molecule has 2 amide bonds. The van der Waals surface area contributed by atoms with Crippen molar-refractivity contribution in [2.24, 2.45) is 13.0 Å². The smallest absolute Gasteiger partial charge is 0.226 e. The van der Waals surface area contributed by atoms with Gasteiger partial charge in [-0.25, -0.2) is 4.98 Å². The van der Waals surface area contributed by atoms with Crippen molar-refractivity contribution in [2.45, 2.75) is 51.7 Å². The highest BCUT2D eigenvalue weighted by Crippen LogP contribution is 2.45. The molecule has 138 valence electrons. The van der Waals surface area contributed by atoms with Crippen LogP contribution in [0.4, 0.5) is 0 Å². The second-order valence-corrected chi connectivity index (χ2v) is 7.17. The van der Waals surface area contributed by atoms with Crippen LogP contribution < -0.4 is 5.32 Å². The molecule has 26 heavy (non-hydrogen) atoms. The number of aromatic nitrogens is 3. The van der Waals surface area contributed by atoms with Gasteiger partial charge in [-0.3, -0.25) is 14.3 Å². The molecule has 1 saturated carbocycles. The first-order valence-corrected chi connectivity index (χ1v) is 8.93. The largest absolute Gasteiger partial charge is 0.448 e. The van der Waals surface area contributed by atoms with Crippen molar-refractivity contribution in [3.63, 3.8) is 0 Å². The van der Waals surface area contributed by atoms with E-state index in [1.165, 1.54) is 6.39 Å². The van der Waals surface area contributed by atoms with Gasteiger partial charge in [-0.15, -0.1) is 0 Å². The second kappa shape index (κ2) is 6.26. The molecule has 1 aliphatic carbocycles. The lowest BCUT2D eigenvalue weighted by molar-refractivity contribution is -0.129. The lowest BCUT2D eigenvalue weighted by Crippen LogP contribution is -2.36. The van der Waals surface area contributed by atoms with Crippen molar-refractivity contribution in [3.05, 3.63) is 35.3 Å². The molecule has 2 fully saturated rings. The van der Waals surface area contributed by atoms with Gasteiger partial charge in [0.2, 0.25) is 11.8 Å². The fourth-order valence-electron chi connectivity index (χ4n) is 3.75. The molecule has 1 saturated heterocycles. The fraction of sp³-hybridized carbons (Fsp3) is 0.556. The Morgan fingerprint density at radius 1 is 1.38 bits per heavy atom. The average molecular weight is 357 g/mol. The molecule has 2 aromatic rings. The summed E-state index contributed by atoms with van der Waals surface area (Å²) in [5, 5.41) is 7.24. The van der Waals surface area contributed by atoms with E-state index < -0.39 is 5.92 Å². The van der Waals surface area contributed by atoms with E-state index in [-0.39, 0.29) is 30.3 Å². The van der Waals surface area contributed by atoms with Gasteiger partial charge < -0.3 is 14.6 Å². The average Bonchev–Trinajstić information content (AvgIpc) is 3.16. The number of amides is 2. The normalized spacial score (nSPS) is 22.9. The van der Waals surface area contributed by atoms with Gasteiger partial charge in [0.1, 0.15) is 11.5 Å². The summed E-state index contributed by atoms with van der Waals surface area (Å²) in [5.74, 6) is 0.195. The molecule has 2 aliphatic rings. The van der Waals surface area contributed by atoms with E-state index in [1.807, 2.05) is 25.8 Å². The van der Waals surface area contributed by atoms with Crippen molar-refractivity contribution >= 4 is 11.8 Å². The Morgan fingerprint density at radius 3 is 2.73 bits per heavy atom. The zero-order valence-electron chi connectivity index (χ0n) is 15.2. The maximum atomic E-state index is 12.9. The number of nitrogens with one attached hydrogen (secondary N) is 1. The van der Waals surface area contributed by atoms with Gasteiger partial charge >= 0.3 is 0 Å². The van der Waals surface area contributed by atoms with Gasteiger partial charge in [-0.2, -0.15) is 5.10 Å². The van der Waals surface area contributed by atoms with E-state index in [0.29, 0.717) is 18.0 Å². The number of carbonyl (C=O) groups is 2. The summed E-state index contributed by atoms with van der Waals surface area (Å²) in [6.45, 7) is 4.09. The Hall–Kier alpha value is -2.64. The number of carbonyl (C=O) groups excluding carboxylic acids is 2. The quantitative estimate of drug-likeness (QED) is 0.873. The van der Waals surface area contributed by atoms with Crippen molar-refractivity contribution in [2.75, 3.05) is 0 Å². The summed E-state index contributed by atoms with van der Waals surface area (Å²) in [4.78, 5) is 31.6. The van der Waals surface area contributed by atoms with Crippen LogP contribution in [0.25, 0.3) is 0 Å². The van der Waals surface area contributed by atoms with Crippen LogP contribution in [0.3, 0.4) is 0 Å². The minimum atomic E-state index is -0.418. The van der Waals surface area contributed by atoms with Gasteiger partial charge in [-0.1, -0.05) is 0 Å². The SMILES string of the molecule is Cc1ocnc1CNC(=O)[C@H]1CC(=O)N(C2CC2)[C@@H]1c1cnn(C)c1C. The minimum absolute atomic E-state index is 0.0542. The van der Waals surface area contributed by atoms with E-state index in [9.17, 15) is 9.59 Å². The summed E-state index contributed by atoms with van der Waals surface area (Å²) in [6, 6.07) is 0.00444. The molecule has 3 heterocycles. The summed E-state index contributed by atoms with van der Waals surface area (Å²) in [5.41, 5.74) is 2.65. The molecule has 2 aromatic heterocycles. The fourth-order valence-corrected chi connectivity index (χ4v) is 3.75. The third kappa shape index (κ3) is 2.79. The molecule has 0 radical (unpaired) electrons. The Bertz CT molecular complexity index is 851. The van der Waals surface area contributed by atoms with E-state index >= 15 is 0 Å². The molecule has 0 unspecified atom stereocenters. The monoisotopic (exact) mass is 357 g/mol. The lowest BCUT2D eigenvalue weighted by Gasteiger charge is -2.28. The predicted molar refractivity (Wildman–Crippen MR) is 91.7 cm³/mol. The number of likely N-dealkylation sites (tertiary alicyclic amines) is 1. The Morgan fingerprint density at radius 2 is 2.15 bits per heavy atom. The first-order valence-electron chi connectivity index (χ1n) is 8.93. The van der Waals surface area contributed by atoms with Gasteiger partial charge in [0.15, 0.2) is 6.39 Å². The molecule has 1 aliphatic heterocycles. The number of oxazole rings is 1. The van der Waals surface area contributed by atoms with Gasteiger partial charge in [0, 0.05) is 30.8 Å². The number of hydrogen-bond acceptors (Lipinski definition) is 5. The van der Waals surface area contributed by atoms with Crippen LogP contribution in [0.5, 0.6) is 0 Å². The van der Waals surface area contributed by atoms with Gasteiger partial charge in [0.25, 0.3) is 0 Å².